The number of carbonyl (C=O) groups excluding carboxylic acids is 1. The van der Waals surface area contributed by atoms with Crippen molar-refractivity contribution in [1.29, 1.82) is 0 Å². The Bertz CT molecular complexity index is 538. The minimum atomic E-state index is -1.07. The molecule has 0 aromatic heterocycles. The first-order valence-electron chi connectivity index (χ1n) is 7.57. The highest BCUT2D eigenvalue weighted by Gasteiger charge is 2.34. The maximum atomic E-state index is 12.0. The molecule has 0 amide bonds. The molecule has 0 aliphatic heterocycles. The summed E-state index contributed by atoms with van der Waals surface area (Å²) in [6.45, 7) is 5.46. The summed E-state index contributed by atoms with van der Waals surface area (Å²) >= 11 is 0. The van der Waals surface area contributed by atoms with E-state index in [2.05, 4.69) is 0 Å². The number of benzene rings is 1. The van der Waals surface area contributed by atoms with Gasteiger partial charge in [-0.1, -0.05) is 12.1 Å². The number of rotatable bonds is 5. The lowest BCUT2D eigenvalue weighted by molar-refractivity contribution is -0.158. The molecular formula is C17H24O5. The number of carbonyl (C=O) groups is 1. The predicted molar refractivity (Wildman–Crippen MR) is 82.0 cm³/mol. The first-order valence-corrected chi connectivity index (χ1v) is 7.57. The zero-order valence-corrected chi connectivity index (χ0v) is 13.6. The Kier molecular flexibility index (Phi) is 5.08. The summed E-state index contributed by atoms with van der Waals surface area (Å²) in [5.41, 5.74) is 0.944. The topological polar surface area (TPSA) is 65.0 Å². The van der Waals surface area contributed by atoms with Crippen LogP contribution in [0, 0.1) is 0 Å². The fourth-order valence-electron chi connectivity index (χ4n) is 2.69. The monoisotopic (exact) mass is 308 g/mol. The molecule has 1 aromatic carbocycles. The van der Waals surface area contributed by atoms with Crippen molar-refractivity contribution in [3.05, 3.63) is 29.3 Å². The molecule has 2 rings (SSSR count). The molecule has 5 heteroatoms. The molecule has 0 saturated heterocycles. The summed E-state index contributed by atoms with van der Waals surface area (Å²) in [5.74, 6) is 0.247. The minimum Gasteiger partial charge on any atom is -0.476 e. The molecule has 2 atom stereocenters. The fraction of sp³-hybridized carbons (Fsp3) is 0.588. The van der Waals surface area contributed by atoms with Crippen LogP contribution >= 0.6 is 0 Å². The van der Waals surface area contributed by atoms with Crippen LogP contribution < -0.4 is 4.74 Å². The normalized spacial score (nSPS) is 21.1. The van der Waals surface area contributed by atoms with E-state index in [1.807, 2.05) is 18.2 Å². The van der Waals surface area contributed by atoms with Gasteiger partial charge in [-0.05, 0) is 32.4 Å². The molecule has 2 unspecified atom stereocenters. The van der Waals surface area contributed by atoms with E-state index in [0.717, 1.165) is 11.1 Å². The van der Waals surface area contributed by atoms with Crippen LogP contribution in [0.1, 0.15) is 31.9 Å². The third-order valence-corrected chi connectivity index (χ3v) is 3.93. The first kappa shape index (κ1) is 16.8. The van der Waals surface area contributed by atoms with Crippen LogP contribution in [0.3, 0.4) is 0 Å². The van der Waals surface area contributed by atoms with Crippen molar-refractivity contribution in [2.75, 3.05) is 13.7 Å². The summed E-state index contributed by atoms with van der Waals surface area (Å²) < 4.78 is 16.3. The van der Waals surface area contributed by atoms with E-state index in [4.69, 9.17) is 14.2 Å². The third-order valence-electron chi connectivity index (χ3n) is 3.93. The van der Waals surface area contributed by atoms with Gasteiger partial charge in [0.15, 0.2) is 5.60 Å². The summed E-state index contributed by atoms with van der Waals surface area (Å²) in [6.07, 6.45) is 0.293. The van der Waals surface area contributed by atoms with E-state index in [1.54, 1.807) is 27.9 Å². The van der Waals surface area contributed by atoms with Crippen LogP contribution in [0.15, 0.2) is 18.2 Å². The van der Waals surface area contributed by atoms with E-state index in [-0.39, 0.29) is 6.10 Å². The molecular weight excluding hydrogens is 284 g/mol. The van der Waals surface area contributed by atoms with Crippen LogP contribution in [-0.4, -0.2) is 42.6 Å². The highest BCUT2D eigenvalue weighted by Crippen LogP contribution is 2.33. The summed E-state index contributed by atoms with van der Waals surface area (Å²) in [4.78, 5) is 12.0. The van der Waals surface area contributed by atoms with E-state index in [1.165, 1.54) is 0 Å². The van der Waals surface area contributed by atoms with Gasteiger partial charge in [0.05, 0.1) is 18.8 Å². The van der Waals surface area contributed by atoms with Gasteiger partial charge in [-0.25, -0.2) is 4.79 Å². The Labute approximate surface area is 131 Å². The van der Waals surface area contributed by atoms with Gasteiger partial charge in [0.25, 0.3) is 0 Å². The number of esters is 1. The molecule has 1 aliphatic carbocycles. The molecule has 0 saturated carbocycles. The molecule has 1 N–H and O–H groups in total. The average molecular weight is 308 g/mol. The van der Waals surface area contributed by atoms with Crippen molar-refractivity contribution in [2.45, 2.75) is 51.4 Å². The van der Waals surface area contributed by atoms with Crippen molar-refractivity contribution in [3.63, 3.8) is 0 Å². The minimum absolute atomic E-state index is 0.261. The Morgan fingerprint density at radius 3 is 2.73 bits per heavy atom. The molecule has 0 spiro atoms. The number of fused-ring (bicyclic) bond motifs is 1. The van der Waals surface area contributed by atoms with E-state index in [9.17, 15) is 9.90 Å². The molecule has 5 nitrogen and oxygen atoms in total. The van der Waals surface area contributed by atoms with Gasteiger partial charge in [-0.15, -0.1) is 0 Å². The van der Waals surface area contributed by atoms with Crippen molar-refractivity contribution >= 4 is 5.97 Å². The number of methoxy groups -OCH3 is 1. The van der Waals surface area contributed by atoms with Gasteiger partial charge in [0, 0.05) is 25.5 Å². The SMILES string of the molecule is CCOC(=O)C(C)(C)Oc1cccc2c1CC(OC)C(O)C2. The van der Waals surface area contributed by atoms with Crippen LogP contribution in [-0.2, 0) is 27.1 Å². The fourth-order valence-corrected chi connectivity index (χ4v) is 2.69. The Hall–Kier alpha value is -1.59. The summed E-state index contributed by atoms with van der Waals surface area (Å²) in [7, 11) is 1.59. The average Bonchev–Trinajstić information content (AvgIpc) is 2.46. The molecule has 0 bridgehead atoms. The summed E-state index contributed by atoms with van der Waals surface area (Å²) in [5, 5.41) is 10.1. The smallest absolute Gasteiger partial charge is 0.349 e. The van der Waals surface area contributed by atoms with Crippen LogP contribution in [0.4, 0.5) is 0 Å². The van der Waals surface area contributed by atoms with Gasteiger partial charge in [-0.3, -0.25) is 0 Å². The quantitative estimate of drug-likeness (QED) is 0.841. The second-order valence-electron chi connectivity index (χ2n) is 5.98. The molecule has 22 heavy (non-hydrogen) atoms. The van der Waals surface area contributed by atoms with Crippen LogP contribution in [0.5, 0.6) is 5.75 Å². The lowest BCUT2D eigenvalue weighted by Gasteiger charge is -2.32. The van der Waals surface area contributed by atoms with Gasteiger partial charge < -0.3 is 19.3 Å². The Morgan fingerprint density at radius 2 is 2.09 bits per heavy atom. The lowest BCUT2D eigenvalue weighted by atomic mass is 9.87. The summed E-state index contributed by atoms with van der Waals surface area (Å²) in [6, 6.07) is 5.67. The van der Waals surface area contributed by atoms with E-state index >= 15 is 0 Å². The zero-order valence-electron chi connectivity index (χ0n) is 13.6. The molecule has 1 aromatic rings. The van der Waals surface area contributed by atoms with Gasteiger partial charge in [0.1, 0.15) is 5.75 Å². The number of aliphatic hydroxyl groups is 1. The molecule has 0 heterocycles. The number of hydrogen-bond acceptors (Lipinski definition) is 5. The highest BCUT2D eigenvalue weighted by atomic mass is 16.6. The Morgan fingerprint density at radius 1 is 1.36 bits per heavy atom. The standard InChI is InChI=1S/C17H24O5/c1-5-21-16(19)17(2,3)22-14-8-6-7-11-9-13(18)15(20-4)10-12(11)14/h6-8,13,15,18H,5,9-10H2,1-4H3. The van der Waals surface area contributed by atoms with Gasteiger partial charge >= 0.3 is 5.97 Å². The van der Waals surface area contributed by atoms with E-state index < -0.39 is 17.7 Å². The molecule has 0 fully saturated rings. The van der Waals surface area contributed by atoms with E-state index in [0.29, 0.717) is 25.2 Å². The van der Waals surface area contributed by atoms with Crippen molar-refractivity contribution in [3.8, 4) is 5.75 Å². The lowest BCUT2D eigenvalue weighted by Crippen LogP contribution is -2.41. The Balaban J connectivity index is 2.27. The van der Waals surface area contributed by atoms with Crippen molar-refractivity contribution in [2.24, 2.45) is 0 Å². The second kappa shape index (κ2) is 6.67. The maximum Gasteiger partial charge on any atom is 0.349 e. The van der Waals surface area contributed by atoms with Crippen molar-refractivity contribution in [1.82, 2.24) is 0 Å². The van der Waals surface area contributed by atoms with Crippen LogP contribution in [0.2, 0.25) is 0 Å². The zero-order chi connectivity index (χ0) is 16.3. The second-order valence-corrected chi connectivity index (χ2v) is 5.98. The number of aliphatic hydroxyl groups excluding tert-OH is 1. The van der Waals surface area contributed by atoms with Gasteiger partial charge in [0.2, 0.25) is 0 Å². The van der Waals surface area contributed by atoms with Crippen LogP contribution in [0.25, 0.3) is 0 Å². The number of ether oxygens (including phenoxy) is 3. The van der Waals surface area contributed by atoms with Crippen molar-refractivity contribution < 1.29 is 24.1 Å². The first-order chi connectivity index (χ1) is 10.4. The molecule has 0 radical (unpaired) electrons. The van der Waals surface area contributed by atoms with Gasteiger partial charge in [-0.2, -0.15) is 0 Å². The molecule has 122 valence electrons. The molecule has 1 aliphatic rings. The highest BCUT2D eigenvalue weighted by molar-refractivity contribution is 5.79. The largest absolute Gasteiger partial charge is 0.476 e. The third kappa shape index (κ3) is 3.42. The predicted octanol–water partition coefficient (Wildman–Crippen LogP) is 1.88. The maximum absolute atomic E-state index is 12.0. The number of hydrogen-bond donors (Lipinski definition) is 1.